The van der Waals surface area contributed by atoms with E-state index in [-0.39, 0.29) is 12.1 Å². The molecule has 1 aliphatic rings. The minimum absolute atomic E-state index is 0.287. The van der Waals surface area contributed by atoms with Crippen LogP contribution in [0.5, 0.6) is 0 Å². The van der Waals surface area contributed by atoms with Crippen LogP contribution in [0.3, 0.4) is 0 Å². The number of carbonyl (C=O) groups is 1. The van der Waals surface area contributed by atoms with Gasteiger partial charge in [-0.1, -0.05) is 17.7 Å². The summed E-state index contributed by atoms with van der Waals surface area (Å²) >= 11 is 5.92. The Morgan fingerprint density at radius 1 is 1.16 bits per heavy atom. The van der Waals surface area contributed by atoms with Gasteiger partial charge >= 0.3 is 6.03 Å². The molecular formula is C19H22ClN3O2. The van der Waals surface area contributed by atoms with Gasteiger partial charge in [-0.15, -0.1) is 0 Å². The molecule has 1 atom stereocenters. The number of carbonyl (C=O) groups excluding carboxylic acids is 1. The number of urea groups is 1. The normalized spacial score (nSPS) is 17.2. The van der Waals surface area contributed by atoms with Gasteiger partial charge in [0.25, 0.3) is 0 Å². The number of amides is 2. The van der Waals surface area contributed by atoms with Crippen LogP contribution >= 0.6 is 11.6 Å². The Hall–Kier alpha value is -2.24. The van der Waals surface area contributed by atoms with E-state index in [4.69, 9.17) is 16.3 Å². The minimum Gasteiger partial charge on any atom is -0.380 e. The molecule has 5 nitrogen and oxygen atoms in total. The van der Waals surface area contributed by atoms with Crippen LogP contribution < -0.4 is 15.5 Å². The van der Waals surface area contributed by atoms with Gasteiger partial charge in [0.15, 0.2) is 0 Å². The first kappa shape index (κ1) is 17.6. The second kappa shape index (κ2) is 8.23. The van der Waals surface area contributed by atoms with Crippen LogP contribution in [0.1, 0.15) is 12.8 Å². The summed E-state index contributed by atoms with van der Waals surface area (Å²) in [6.45, 7) is 1.93. The lowest BCUT2D eigenvalue weighted by atomic mass is 10.1. The molecule has 2 aromatic carbocycles. The zero-order chi connectivity index (χ0) is 17.6. The minimum atomic E-state index is -0.299. The van der Waals surface area contributed by atoms with Gasteiger partial charge in [0.05, 0.1) is 6.10 Å². The van der Waals surface area contributed by atoms with Gasteiger partial charge in [-0.3, -0.25) is 0 Å². The van der Waals surface area contributed by atoms with E-state index < -0.39 is 0 Å². The van der Waals surface area contributed by atoms with Gasteiger partial charge in [-0.2, -0.15) is 0 Å². The molecule has 0 aromatic heterocycles. The number of rotatable bonds is 4. The maximum absolute atomic E-state index is 12.1. The fourth-order valence-corrected chi connectivity index (χ4v) is 3.17. The third-order valence-electron chi connectivity index (χ3n) is 4.28. The average Bonchev–Trinajstić information content (AvgIpc) is 2.62. The lowest BCUT2D eigenvalue weighted by molar-refractivity contribution is 0.0893. The molecule has 3 rings (SSSR count). The van der Waals surface area contributed by atoms with Crippen molar-refractivity contribution < 1.29 is 9.53 Å². The molecular weight excluding hydrogens is 338 g/mol. The highest BCUT2D eigenvalue weighted by molar-refractivity contribution is 6.30. The van der Waals surface area contributed by atoms with E-state index in [2.05, 4.69) is 15.5 Å². The summed E-state index contributed by atoms with van der Waals surface area (Å²) in [5, 5.41) is 6.17. The summed E-state index contributed by atoms with van der Waals surface area (Å²) in [6, 6.07) is 14.6. The van der Waals surface area contributed by atoms with Crippen LogP contribution in [0, 0.1) is 0 Å². The summed E-state index contributed by atoms with van der Waals surface area (Å²) in [6.07, 6.45) is 2.52. The monoisotopic (exact) mass is 359 g/mol. The topological polar surface area (TPSA) is 53.6 Å². The van der Waals surface area contributed by atoms with Crippen LogP contribution in [0.4, 0.5) is 21.9 Å². The smallest absolute Gasteiger partial charge is 0.323 e. The van der Waals surface area contributed by atoms with Crippen LogP contribution in [-0.4, -0.2) is 32.3 Å². The van der Waals surface area contributed by atoms with Crippen LogP contribution in [0.15, 0.2) is 48.5 Å². The van der Waals surface area contributed by atoms with Crippen LogP contribution in [0.2, 0.25) is 5.02 Å². The van der Waals surface area contributed by atoms with Gasteiger partial charge in [0.1, 0.15) is 0 Å². The maximum Gasteiger partial charge on any atom is 0.323 e. The highest BCUT2D eigenvalue weighted by atomic mass is 35.5. The largest absolute Gasteiger partial charge is 0.380 e. The van der Waals surface area contributed by atoms with E-state index in [1.165, 1.54) is 0 Å². The first-order chi connectivity index (χ1) is 12.1. The number of halogens is 1. The molecule has 1 fully saturated rings. The number of ether oxygens (including phenoxy) is 1. The quantitative estimate of drug-likeness (QED) is 0.838. The van der Waals surface area contributed by atoms with E-state index in [0.717, 1.165) is 37.3 Å². The highest BCUT2D eigenvalue weighted by Gasteiger charge is 2.19. The number of nitrogens with one attached hydrogen (secondary N) is 2. The van der Waals surface area contributed by atoms with Crippen LogP contribution in [-0.2, 0) is 4.74 Å². The van der Waals surface area contributed by atoms with Crippen molar-refractivity contribution >= 4 is 34.7 Å². The van der Waals surface area contributed by atoms with E-state index in [1.807, 2.05) is 24.3 Å². The zero-order valence-electron chi connectivity index (χ0n) is 14.2. The summed E-state index contributed by atoms with van der Waals surface area (Å²) in [4.78, 5) is 14.4. The predicted molar refractivity (Wildman–Crippen MR) is 103 cm³/mol. The molecule has 0 aliphatic carbocycles. The molecule has 6 heteroatoms. The second-order valence-corrected chi connectivity index (χ2v) is 6.52. The number of methoxy groups -OCH3 is 1. The number of nitrogens with zero attached hydrogens (tertiary/aromatic N) is 1. The molecule has 0 bridgehead atoms. The molecule has 0 radical (unpaired) electrons. The van der Waals surface area contributed by atoms with Gasteiger partial charge in [0, 0.05) is 42.3 Å². The molecule has 1 heterocycles. The molecule has 1 aliphatic heterocycles. The molecule has 25 heavy (non-hydrogen) atoms. The van der Waals surface area contributed by atoms with Crippen molar-refractivity contribution in [3.8, 4) is 0 Å². The van der Waals surface area contributed by atoms with Crippen molar-refractivity contribution in [1.82, 2.24) is 0 Å². The molecule has 1 saturated heterocycles. The number of hydrogen-bond donors (Lipinski definition) is 2. The fourth-order valence-electron chi connectivity index (χ4n) is 2.98. The lowest BCUT2D eigenvalue weighted by Crippen LogP contribution is -2.39. The molecule has 0 spiro atoms. The van der Waals surface area contributed by atoms with Crippen molar-refractivity contribution in [1.29, 1.82) is 0 Å². The zero-order valence-corrected chi connectivity index (χ0v) is 14.9. The molecule has 2 aromatic rings. The Kier molecular flexibility index (Phi) is 5.79. The molecule has 132 valence electrons. The Morgan fingerprint density at radius 3 is 2.64 bits per heavy atom. The van der Waals surface area contributed by atoms with Gasteiger partial charge < -0.3 is 20.3 Å². The molecule has 1 unspecified atom stereocenters. The summed E-state index contributed by atoms with van der Waals surface area (Å²) in [7, 11) is 1.76. The average molecular weight is 360 g/mol. The number of piperidine rings is 1. The second-order valence-electron chi connectivity index (χ2n) is 6.08. The predicted octanol–water partition coefficient (Wildman–Crippen LogP) is 4.60. The van der Waals surface area contributed by atoms with Crippen molar-refractivity contribution in [3.05, 3.63) is 53.6 Å². The maximum atomic E-state index is 12.1. The first-order valence-electron chi connectivity index (χ1n) is 8.35. The number of hydrogen-bond acceptors (Lipinski definition) is 3. The Labute approximate surface area is 152 Å². The van der Waals surface area contributed by atoms with E-state index in [1.54, 1.807) is 31.4 Å². The van der Waals surface area contributed by atoms with Crippen molar-refractivity contribution in [2.45, 2.75) is 18.9 Å². The summed E-state index contributed by atoms with van der Waals surface area (Å²) in [5.74, 6) is 0. The van der Waals surface area contributed by atoms with Crippen molar-refractivity contribution in [2.24, 2.45) is 0 Å². The van der Waals surface area contributed by atoms with Crippen LogP contribution in [0.25, 0.3) is 0 Å². The number of benzene rings is 2. The van der Waals surface area contributed by atoms with Gasteiger partial charge in [-0.05, 0) is 55.3 Å². The van der Waals surface area contributed by atoms with Crippen molar-refractivity contribution in [3.63, 3.8) is 0 Å². The lowest BCUT2D eigenvalue weighted by Gasteiger charge is -2.33. The standard InChI is InChI=1S/C19H22ClN3O2/c1-25-18-6-3-11-23(13-18)17-9-7-15(8-10-17)21-19(24)22-16-5-2-4-14(20)12-16/h2,4-5,7-10,12,18H,3,6,11,13H2,1H3,(H2,21,22,24). The van der Waals surface area contributed by atoms with E-state index in [9.17, 15) is 4.79 Å². The third kappa shape index (κ3) is 4.87. The molecule has 2 amide bonds. The first-order valence-corrected chi connectivity index (χ1v) is 8.73. The van der Waals surface area contributed by atoms with E-state index >= 15 is 0 Å². The summed E-state index contributed by atoms with van der Waals surface area (Å²) < 4.78 is 5.47. The molecule has 2 N–H and O–H groups in total. The van der Waals surface area contributed by atoms with Gasteiger partial charge in [-0.25, -0.2) is 4.79 Å². The SMILES string of the molecule is COC1CCCN(c2ccc(NC(=O)Nc3cccc(Cl)c3)cc2)C1. The molecule has 0 saturated carbocycles. The summed E-state index contributed by atoms with van der Waals surface area (Å²) in [5.41, 5.74) is 2.53. The number of anilines is 3. The fraction of sp³-hybridized carbons (Fsp3) is 0.316. The van der Waals surface area contributed by atoms with E-state index in [0.29, 0.717) is 10.7 Å². The Bertz CT molecular complexity index is 721. The Morgan fingerprint density at radius 2 is 1.92 bits per heavy atom. The highest BCUT2D eigenvalue weighted by Crippen LogP contribution is 2.23. The third-order valence-corrected chi connectivity index (χ3v) is 4.52. The van der Waals surface area contributed by atoms with Crippen molar-refractivity contribution in [2.75, 3.05) is 35.7 Å². The Balaban J connectivity index is 1.58. The van der Waals surface area contributed by atoms with Gasteiger partial charge in [0.2, 0.25) is 0 Å².